The van der Waals surface area contributed by atoms with Gasteiger partial charge in [0.1, 0.15) is 18.0 Å². The van der Waals surface area contributed by atoms with Crippen LogP contribution < -0.4 is 11.4 Å². The third kappa shape index (κ3) is 3.17. The highest BCUT2D eigenvalue weighted by atomic mass is 19.3. The molecule has 10 heteroatoms. The van der Waals surface area contributed by atoms with Crippen LogP contribution in [0.5, 0.6) is 0 Å². The summed E-state index contributed by atoms with van der Waals surface area (Å²) in [5.41, 5.74) is 4.27. The Morgan fingerprint density at radius 3 is 2.87 bits per heavy atom. The number of nitrogen functional groups attached to an aromatic ring is 1. The first-order valence-electron chi connectivity index (χ1n) is 6.94. The zero-order chi connectivity index (χ0) is 17.4. The summed E-state index contributed by atoms with van der Waals surface area (Å²) < 4.78 is 39.1. The summed E-state index contributed by atoms with van der Waals surface area (Å²) in [7, 11) is 0. The van der Waals surface area contributed by atoms with Gasteiger partial charge in [0, 0.05) is 12.6 Å². The van der Waals surface area contributed by atoms with Gasteiger partial charge in [-0.15, -0.1) is 0 Å². The van der Waals surface area contributed by atoms with Crippen molar-refractivity contribution in [1.82, 2.24) is 9.55 Å². The van der Waals surface area contributed by atoms with Crippen LogP contribution in [0.15, 0.2) is 17.1 Å². The summed E-state index contributed by atoms with van der Waals surface area (Å²) in [5, 5.41) is 9.82. The summed E-state index contributed by atoms with van der Waals surface area (Å²) in [4.78, 5) is 26.3. The fraction of sp³-hybridized carbons (Fsp3) is 0.615. The average Bonchev–Trinajstić information content (AvgIpc) is 2.70. The highest BCUT2D eigenvalue weighted by Crippen LogP contribution is 2.43. The molecule has 3 N–H and O–H groups in total. The van der Waals surface area contributed by atoms with E-state index in [-0.39, 0.29) is 12.2 Å². The van der Waals surface area contributed by atoms with Crippen LogP contribution in [0.3, 0.4) is 0 Å². The van der Waals surface area contributed by atoms with E-state index in [0.717, 1.165) is 12.3 Å². The van der Waals surface area contributed by atoms with Crippen LogP contribution in [0.25, 0.3) is 0 Å². The number of hydrogen-bond donors (Lipinski definition) is 2. The van der Waals surface area contributed by atoms with Crippen LogP contribution in [0.2, 0.25) is 0 Å². The van der Waals surface area contributed by atoms with Gasteiger partial charge >= 0.3 is 17.6 Å². The molecule has 0 amide bonds. The second-order valence-electron chi connectivity index (χ2n) is 5.16. The highest BCUT2D eigenvalue weighted by Gasteiger charge is 2.61. The summed E-state index contributed by atoms with van der Waals surface area (Å²) in [6.07, 6.45) is -5.89. The Balaban J connectivity index is 2.29. The number of anilines is 1. The van der Waals surface area contributed by atoms with Crippen molar-refractivity contribution in [3.63, 3.8) is 0 Å². The number of alkyl halides is 2. The van der Waals surface area contributed by atoms with E-state index in [1.165, 1.54) is 13.8 Å². The summed E-state index contributed by atoms with van der Waals surface area (Å²) >= 11 is 0. The molecular formula is C13H17F2N3O5. The van der Waals surface area contributed by atoms with Crippen molar-refractivity contribution >= 4 is 11.8 Å². The van der Waals surface area contributed by atoms with Gasteiger partial charge in [0.15, 0.2) is 6.10 Å². The number of carbonyl (C=O) groups excluding carboxylic acids is 1. The van der Waals surface area contributed by atoms with Crippen LogP contribution in [0, 0.1) is 0 Å². The van der Waals surface area contributed by atoms with Crippen LogP contribution in [-0.4, -0.2) is 44.9 Å². The molecule has 23 heavy (non-hydrogen) atoms. The number of ether oxygens (including phenoxy) is 2. The van der Waals surface area contributed by atoms with Crippen molar-refractivity contribution in [3.05, 3.63) is 22.7 Å². The van der Waals surface area contributed by atoms with Gasteiger partial charge in [-0.25, -0.2) is 4.79 Å². The lowest BCUT2D eigenvalue weighted by atomic mass is 10.1. The highest BCUT2D eigenvalue weighted by molar-refractivity contribution is 5.69. The van der Waals surface area contributed by atoms with E-state index in [4.69, 9.17) is 15.2 Å². The number of nitrogens with two attached hydrogens (primary N) is 1. The molecule has 0 aromatic carbocycles. The van der Waals surface area contributed by atoms with E-state index in [1.807, 2.05) is 0 Å². The summed E-state index contributed by atoms with van der Waals surface area (Å²) in [6, 6.07) is 1.15. The van der Waals surface area contributed by atoms with Gasteiger partial charge in [0.25, 0.3) is 0 Å². The molecule has 0 saturated carbocycles. The lowest BCUT2D eigenvalue weighted by Gasteiger charge is -2.22. The average molecular weight is 333 g/mol. The molecule has 1 saturated heterocycles. The first-order valence-corrected chi connectivity index (χ1v) is 6.94. The van der Waals surface area contributed by atoms with E-state index in [2.05, 4.69) is 4.98 Å². The lowest BCUT2D eigenvalue weighted by molar-refractivity contribution is -0.160. The minimum absolute atomic E-state index is 0.0499. The standard InChI is InChI=1S/C13H17F2N3O5/c1-3-8(19)22-6(2)9-10(20)13(14,15)11(23-9)18-5-4-7(16)17-12(18)21/h4-6,9-11,20H,3H2,1-2H3,(H2,16,17,21)/t6?,9-,10-,11-/m1/s1. The maximum atomic E-state index is 14.3. The van der Waals surface area contributed by atoms with Crippen LogP contribution in [0.4, 0.5) is 14.6 Å². The lowest BCUT2D eigenvalue weighted by Crippen LogP contribution is -2.44. The monoisotopic (exact) mass is 333 g/mol. The zero-order valence-electron chi connectivity index (χ0n) is 12.5. The molecule has 0 aliphatic carbocycles. The number of rotatable bonds is 4. The fourth-order valence-corrected chi connectivity index (χ4v) is 2.26. The minimum atomic E-state index is -3.78. The first kappa shape index (κ1) is 17.3. The molecule has 1 aromatic rings. The smallest absolute Gasteiger partial charge is 0.351 e. The number of esters is 1. The topological polar surface area (TPSA) is 117 Å². The van der Waals surface area contributed by atoms with Crippen LogP contribution in [-0.2, 0) is 14.3 Å². The molecule has 1 unspecified atom stereocenters. The normalized spacial score (nSPS) is 27.6. The molecule has 1 aromatic heterocycles. The van der Waals surface area contributed by atoms with E-state index >= 15 is 0 Å². The van der Waals surface area contributed by atoms with E-state index in [0.29, 0.717) is 4.57 Å². The molecule has 0 bridgehead atoms. The third-order valence-corrected chi connectivity index (χ3v) is 3.49. The largest absolute Gasteiger partial charge is 0.460 e. The van der Waals surface area contributed by atoms with Crippen molar-refractivity contribution < 1.29 is 28.2 Å². The summed E-state index contributed by atoms with van der Waals surface area (Å²) in [5.74, 6) is -4.53. The number of nitrogens with zero attached hydrogens (tertiary/aromatic N) is 2. The SMILES string of the molecule is CCC(=O)OC(C)[C@H]1O[C@@H](n2ccc(N)nc2=O)C(F)(F)[C@@H]1O. The molecule has 128 valence electrons. The molecule has 2 rings (SSSR count). The van der Waals surface area contributed by atoms with Gasteiger partial charge in [-0.2, -0.15) is 13.8 Å². The van der Waals surface area contributed by atoms with E-state index < -0.39 is 42.1 Å². The predicted octanol–water partition coefficient (Wildman–Crippen LogP) is 0.0608. The Labute approximate surface area is 129 Å². The molecule has 2 heterocycles. The van der Waals surface area contributed by atoms with Gasteiger partial charge in [-0.1, -0.05) is 6.92 Å². The molecule has 1 aliphatic heterocycles. The van der Waals surface area contributed by atoms with E-state index in [1.54, 1.807) is 0 Å². The quantitative estimate of drug-likeness (QED) is 0.748. The number of carbonyl (C=O) groups is 1. The van der Waals surface area contributed by atoms with Crippen molar-refractivity contribution in [2.75, 3.05) is 5.73 Å². The maximum absolute atomic E-state index is 14.3. The predicted molar refractivity (Wildman–Crippen MR) is 73.6 cm³/mol. The molecule has 1 fully saturated rings. The minimum Gasteiger partial charge on any atom is -0.460 e. The van der Waals surface area contributed by atoms with E-state index in [9.17, 15) is 23.5 Å². The second-order valence-corrected chi connectivity index (χ2v) is 5.16. The first-order chi connectivity index (χ1) is 10.7. The van der Waals surface area contributed by atoms with Crippen molar-refractivity contribution in [3.8, 4) is 0 Å². The Bertz CT molecular complexity index is 651. The molecular weight excluding hydrogens is 316 g/mol. The Kier molecular flexibility index (Phi) is 4.66. The zero-order valence-corrected chi connectivity index (χ0v) is 12.5. The number of aliphatic hydroxyl groups excluding tert-OH is 1. The second kappa shape index (κ2) is 6.20. The fourth-order valence-electron chi connectivity index (χ4n) is 2.26. The Morgan fingerprint density at radius 1 is 1.65 bits per heavy atom. The number of aromatic nitrogens is 2. The maximum Gasteiger partial charge on any atom is 0.351 e. The van der Waals surface area contributed by atoms with Gasteiger partial charge in [-0.05, 0) is 13.0 Å². The van der Waals surface area contributed by atoms with Crippen LogP contribution >= 0.6 is 0 Å². The molecule has 0 radical (unpaired) electrons. The molecule has 4 atom stereocenters. The van der Waals surface area contributed by atoms with Gasteiger partial charge in [0.05, 0.1) is 0 Å². The number of hydrogen-bond acceptors (Lipinski definition) is 7. The molecule has 1 aliphatic rings. The Hall–Kier alpha value is -2.07. The number of aliphatic hydroxyl groups is 1. The third-order valence-electron chi connectivity index (χ3n) is 3.49. The number of halogens is 2. The van der Waals surface area contributed by atoms with Gasteiger partial charge in [-0.3, -0.25) is 9.36 Å². The molecule has 8 nitrogen and oxygen atoms in total. The van der Waals surface area contributed by atoms with Crippen LogP contribution in [0.1, 0.15) is 26.5 Å². The van der Waals surface area contributed by atoms with Crippen molar-refractivity contribution in [1.29, 1.82) is 0 Å². The Morgan fingerprint density at radius 2 is 2.30 bits per heavy atom. The van der Waals surface area contributed by atoms with Crippen molar-refractivity contribution in [2.45, 2.75) is 50.7 Å². The van der Waals surface area contributed by atoms with Gasteiger partial charge < -0.3 is 20.3 Å². The van der Waals surface area contributed by atoms with Crippen molar-refractivity contribution in [2.24, 2.45) is 0 Å². The summed E-state index contributed by atoms with van der Waals surface area (Å²) in [6.45, 7) is 2.86. The van der Waals surface area contributed by atoms with Gasteiger partial charge in [0.2, 0.25) is 6.23 Å². The molecule has 0 spiro atoms.